The number of hydrogen-bond donors (Lipinski definition) is 2. The first-order valence-corrected chi connectivity index (χ1v) is 6.32. The third-order valence-electron chi connectivity index (χ3n) is 3.08. The molecule has 0 fully saturated rings. The van der Waals surface area contributed by atoms with Crippen molar-refractivity contribution in [3.05, 3.63) is 34.9 Å². The van der Waals surface area contributed by atoms with E-state index >= 15 is 0 Å². The summed E-state index contributed by atoms with van der Waals surface area (Å²) in [5, 5.41) is 11.7. The van der Waals surface area contributed by atoms with Crippen LogP contribution in [0.4, 0.5) is 0 Å². The molecular weight excluding hydrogens is 226 g/mol. The maximum atomic E-state index is 8.66. The van der Waals surface area contributed by atoms with Crippen LogP contribution in [-0.4, -0.2) is 29.0 Å². The van der Waals surface area contributed by atoms with E-state index in [0.717, 1.165) is 19.5 Å². The Hall–Kier alpha value is -1.55. The number of hydrogen-bond acceptors (Lipinski definition) is 3. The minimum Gasteiger partial charge on any atom is -0.409 e. The van der Waals surface area contributed by atoms with Gasteiger partial charge in [-0.25, -0.2) is 0 Å². The summed E-state index contributed by atoms with van der Waals surface area (Å²) in [6, 6.07) is 6.31. The molecular formula is C14H23N3O. The van der Waals surface area contributed by atoms with Gasteiger partial charge in [-0.05, 0) is 43.5 Å². The lowest BCUT2D eigenvalue weighted by Crippen LogP contribution is -2.34. The topological polar surface area (TPSA) is 61.8 Å². The second-order valence-corrected chi connectivity index (χ2v) is 4.67. The minimum absolute atomic E-state index is 0.259. The highest BCUT2D eigenvalue weighted by molar-refractivity contribution is 5.81. The highest BCUT2D eigenvalue weighted by Crippen LogP contribution is 2.15. The molecule has 0 aliphatic heterocycles. The van der Waals surface area contributed by atoms with Crippen LogP contribution in [0, 0.1) is 13.8 Å². The molecule has 0 bridgehead atoms. The summed E-state index contributed by atoms with van der Waals surface area (Å²) in [7, 11) is 0. The third kappa shape index (κ3) is 4.04. The summed E-state index contributed by atoms with van der Waals surface area (Å²) >= 11 is 0. The predicted octanol–water partition coefficient (Wildman–Crippen LogP) is 2.26. The molecule has 0 radical (unpaired) electrons. The lowest BCUT2D eigenvalue weighted by atomic mass is 10.0. The van der Waals surface area contributed by atoms with Gasteiger partial charge >= 0.3 is 0 Å². The van der Waals surface area contributed by atoms with Gasteiger partial charge in [0.1, 0.15) is 0 Å². The molecule has 0 unspecified atom stereocenters. The molecule has 1 aromatic carbocycles. The Morgan fingerprint density at radius 2 is 1.94 bits per heavy atom. The van der Waals surface area contributed by atoms with Crippen molar-refractivity contribution in [3.8, 4) is 0 Å². The zero-order valence-corrected chi connectivity index (χ0v) is 11.5. The Kier molecular flexibility index (Phi) is 5.65. The van der Waals surface area contributed by atoms with E-state index in [1.54, 1.807) is 0 Å². The molecule has 0 amide bonds. The van der Waals surface area contributed by atoms with Crippen LogP contribution in [0.1, 0.15) is 30.0 Å². The Morgan fingerprint density at radius 3 is 2.44 bits per heavy atom. The van der Waals surface area contributed by atoms with Crippen molar-refractivity contribution in [2.24, 2.45) is 10.9 Å². The van der Waals surface area contributed by atoms with Crippen LogP contribution >= 0.6 is 0 Å². The van der Waals surface area contributed by atoms with Crippen molar-refractivity contribution in [1.82, 2.24) is 4.90 Å². The maximum absolute atomic E-state index is 8.66. The van der Waals surface area contributed by atoms with Gasteiger partial charge in [0.15, 0.2) is 5.84 Å². The average Bonchev–Trinajstić information content (AvgIpc) is 2.34. The summed E-state index contributed by atoms with van der Waals surface area (Å²) in [5.41, 5.74) is 9.50. The first-order valence-electron chi connectivity index (χ1n) is 6.32. The first kappa shape index (κ1) is 14.5. The number of benzene rings is 1. The Labute approximate surface area is 109 Å². The highest BCUT2D eigenvalue weighted by Gasteiger charge is 2.10. The fraction of sp³-hybridized carbons (Fsp3) is 0.500. The lowest BCUT2D eigenvalue weighted by molar-refractivity contribution is 0.285. The van der Waals surface area contributed by atoms with Gasteiger partial charge in [0.05, 0.1) is 6.54 Å². The SMILES string of the molecule is CCCN(C/C(N)=N/O)Cc1c(C)cccc1C. The zero-order chi connectivity index (χ0) is 13.5. The molecule has 0 saturated carbocycles. The van der Waals surface area contributed by atoms with Gasteiger partial charge in [0.25, 0.3) is 0 Å². The van der Waals surface area contributed by atoms with Crippen LogP contribution < -0.4 is 5.73 Å². The van der Waals surface area contributed by atoms with E-state index in [2.05, 4.69) is 49.0 Å². The van der Waals surface area contributed by atoms with E-state index in [9.17, 15) is 0 Å². The quantitative estimate of drug-likeness (QED) is 0.352. The van der Waals surface area contributed by atoms with Gasteiger partial charge in [0.2, 0.25) is 0 Å². The van der Waals surface area contributed by atoms with Crippen molar-refractivity contribution < 1.29 is 5.21 Å². The molecule has 0 heterocycles. The highest BCUT2D eigenvalue weighted by atomic mass is 16.4. The van der Waals surface area contributed by atoms with Crippen LogP contribution in [0.3, 0.4) is 0 Å². The Morgan fingerprint density at radius 1 is 1.33 bits per heavy atom. The standard InChI is InChI=1S/C14H23N3O/c1-4-8-17(10-14(15)16-18)9-13-11(2)6-5-7-12(13)3/h5-7,18H,4,8-10H2,1-3H3,(H2,15,16). The molecule has 4 heteroatoms. The van der Waals surface area contributed by atoms with Crippen LogP contribution in [0.15, 0.2) is 23.4 Å². The van der Waals surface area contributed by atoms with Crippen molar-refractivity contribution in [2.75, 3.05) is 13.1 Å². The summed E-state index contributed by atoms with van der Waals surface area (Å²) in [4.78, 5) is 2.20. The maximum Gasteiger partial charge on any atom is 0.153 e. The largest absolute Gasteiger partial charge is 0.409 e. The number of nitrogens with two attached hydrogens (primary N) is 1. The minimum atomic E-state index is 0.259. The molecule has 0 spiro atoms. The van der Waals surface area contributed by atoms with Crippen molar-refractivity contribution in [2.45, 2.75) is 33.7 Å². The predicted molar refractivity (Wildman–Crippen MR) is 74.9 cm³/mol. The van der Waals surface area contributed by atoms with E-state index in [0.29, 0.717) is 6.54 Å². The van der Waals surface area contributed by atoms with E-state index in [1.165, 1.54) is 16.7 Å². The second kappa shape index (κ2) is 7.01. The molecule has 0 atom stereocenters. The van der Waals surface area contributed by atoms with Crippen LogP contribution in [0.5, 0.6) is 0 Å². The molecule has 3 N–H and O–H groups in total. The van der Waals surface area contributed by atoms with Crippen LogP contribution in [-0.2, 0) is 6.54 Å². The number of nitrogens with zero attached hydrogens (tertiary/aromatic N) is 2. The number of amidine groups is 1. The van der Waals surface area contributed by atoms with Gasteiger partial charge in [-0.2, -0.15) is 0 Å². The summed E-state index contributed by atoms with van der Waals surface area (Å²) < 4.78 is 0. The monoisotopic (exact) mass is 249 g/mol. The van der Waals surface area contributed by atoms with Gasteiger partial charge in [-0.3, -0.25) is 4.90 Å². The molecule has 0 saturated heterocycles. The average molecular weight is 249 g/mol. The molecule has 0 aliphatic rings. The lowest BCUT2D eigenvalue weighted by Gasteiger charge is -2.23. The second-order valence-electron chi connectivity index (χ2n) is 4.67. The molecule has 100 valence electrons. The zero-order valence-electron chi connectivity index (χ0n) is 11.5. The van der Waals surface area contributed by atoms with Crippen molar-refractivity contribution in [1.29, 1.82) is 0 Å². The van der Waals surface area contributed by atoms with E-state index in [4.69, 9.17) is 10.9 Å². The molecule has 0 aliphatic carbocycles. The van der Waals surface area contributed by atoms with Crippen molar-refractivity contribution in [3.63, 3.8) is 0 Å². The van der Waals surface area contributed by atoms with Gasteiger partial charge in [-0.15, -0.1) is 0 Å². The fourth-order valence-electron chi connectivity index (χ4n) is 2.11. The molecule has 18 heavy (non-hydrogen) atoms. The third-order valence-corrected chi connectivity index (χ3v) is 3.08. The van der Waals surface area contributed by atoms with E-state index in [-0.39, 0.29) is 5.84 Å². The first-order chi connectivity index (χ1) is 8.58. The normalized spacial score (nSPS) is 12.1. The van der Waals surface area contributed by atoms with Crippen LogP contribution in [0.25, 0.3) is 0 Å². The molecule has 1 rings (SSSR count). The molecule has 4 nitrogen and oxygen atoms in total. The van der Waals surface area contributed by atoms with E-state index < -0.39 is 0 Å². The summed E-state index contributed by atoms with van der Waals surface area (Å²) in [6.07, 6.45) is 1.05. The Balaban J connectivity index is 2.82. The fourth-order valence-corrected chi connectivity index (χ4v) is 2.11. The van der Waals surface area contributed by atoms with Gasteiger partial charge in [-0.1, -0.05) is 30.3 Å². The van der Waals surface area contributed by atoms with Gasteiger partial charge < -0.3 is 10.9 Å². The molecule has 0 aromatic heterocycles. The summed E-state index contributed by atoms with van der Waals surface area (Å²) in [5.74, 6) is 0.259. The van der Waals surface area contributed by atoms with Crippen molar-refractivity contribution >= 4 is 5.84 Å². The smallest absolute Gasteiger partial charge is 0.153 e. The van der Waals surface area contributed by atoms with Gasteiger partial charge in [0, 0.05) is 6.54 Å². The van der Waals surface area contributed by atoms with E-state index in [1.807, 2.05) is 0 Å². The Bertz CT molecular complexity index is 395. The molecule has 1 aromatic rings. The van der Waals surface area contributed by atoms with Crippen LogP contribution in [0.2, 0.25) is 0 Å². The number of aryl methyl sites for hydroxylation is 2. The summed E-state index contributed by atoms with van der Waals surface area (Å²) in [6.45, 7) is 8.64. The number of rotatable bonds is 6. The number of oxime groups is 1.